The lowest BCUT2D eigenvalue weighted by atomic mass is 10.1. The number of pyridine rings is 1. The van der Waals surface area contributed by atoms with Gasteiger partial charge in [-0.25, -0.2) is 10.5 Å². The number of rotatable bonds is 7. The van der Waals surface area contributed by atoms with Crippen LogP contribution in [0.25, 0.3) is 11.0 Å². The number of hydroxylamine groups is 1. The van der Waals surface area contributed by atoms with Crippen molar-refractivity contribution in [1.29, 1.82) is 0 Å². The Kier molecular flexibility index (Phi) is 6.00. The summed E-state index contributed by atoms with van der Waals surface area (Å²) < 4.78 is 1.85. The number of aromatic nitrogens is 2. The Hall–Kier alpha value is -2.55. The SMILES string of the molecule is CSc1ccc(Nc2c(C(=O)NOCCO)c3cccnc3n2C)c(C)c1. The monoisotopic (exact) mass is 386 g/mol. The first kappa shape index (κ1) is 19.2. The molecule has 0 aliphatic carbocycles. The van der Waals surface area contributed by atoms with Crippen molar-refractivity contribution in [2.45, 2.75) is 11.8 Å². The number of amides is 1. The van der Waals surface area contributed by atoms with Gasteiger partial charge in [0.15, 0.2) is 0 Å². The summed E-state index contributed by atoms with van der Waals surface area (Å²) in [6.07, 6.45) is 3.72. The van der Waals surface area contributed by atoms with Crippen LogP contribution in [0.4, 0.5) is 11.5 Å². The predicted molar refractivity (Wildman–Crippen MR) is 107 cm³/mol. The zero-order chi connectivity index (χ0) is 19.4. The molecule has 0 aliphatic heterocycles. The number of nitrogens with zero attached hydrogens (tertiary/aromatic N) is 2. The molecule has 0 bridgehead atoms. The van der Waals surface area contributed by atoms with Gasteiger partial charge in [-0.2, -0.15) is 0 Å². The van der Waals surface area contributed by atoms with E-state index in [0.717, 1.165) is 11.3 Å². The molecule has 0 spiro atoms. The zero-order valence-corrected chi connectivity index (χ0v) is 16.3. The molecule has 8 heteroatoms. The third-order valence-corrected chi connectivity index (χ3v) is 4.94. The molecule has 0 unspecified atom stereocenters. The number of hydrogen-bond donors (Lipinski definition) is 3. The average molecular weight is 386 g/mol. The largest absolute Gasteiger partial charge is 0.394 e. The van der Waals surface area contributed by atoms with Crippen molar-refractivity contribution < 1.29 is 14.7 Å². The van der Waals surface area contributed by atoms with E-state index in [0.29, 0.717) is 22.4 Å². The first-order chi connectivity index (χ1) is 13.1. The van der Waals surface area contributed by atoms with E-state index in [-0.39, 0.29) is 13.2 Å². The molecule has 0 saturated carbocycles. The summed E-state index contributed by atoms with van der Waals surface area (Å²) in [4.78, 5) is 23.3. The maximum absolute atomic E-state index is 12.7. The molecule has 3 aromatic rings. The van der Waals surface area contributed by atoms with E-state index < -0.39 is 5.91 Å². The third-order valence-electron chi connectivity index (χ3n) is 4.22. The lowest BCUT2D eigenvalue weighted by Gasteiger charge is -2.14. The summed E-state index contributed by atoms with van der Waals surface area (Å²) in [5.41, 5.74) is 5.48. The molecule has 2 heterocycles. The van der Waals surface area contributed by atoms with Crippen LogP contribution < -0.4 is 10.8 Å². The summed E-state index contributed by atoms with van der Waals surface area (Å²) in [7, 11) is 1.86. The van der Waals surface area contributed by atoms with Crippen molar-refractivity contribution in [3.63, 3.8) is 0 Å². The zero-order valence-electron chi connectivity index (χ0n) is 15.4. The van der Waals surface area contributed by atoms with Gasteiger partial charge in [0.25, 0.3) is 5.91 Å². The van der Waals surface area contributed by atoms with Crippen molar-refractivity contribution in [2.75, 3.05) is 24.8 Å². The fourth-order valence-electron chi connectivity index (χ4n) is 2.88. The molecule has 0 atom stereocenters. The Bertz CT molecular complexity index is 971. The number of fused-ring (bicyclic) bond motifs is 1. The van der Waals surface area contributed by atoms with Gasteiger partial charge in [0, 0.05) is 29.2 Å². The van der Waals surface area contributed by atoms with E-state index in [2.05, 4.69) is 21.8 Å². The first-order valence-corrected chi connectivity index (χ1v) is 9.67. The third kappa shape index (κ3) is 3.92. The Morgan fingerprint density at radius 1 is 1.37 bits per heavy atom. The van der Waals surface area contributed by atoms with E-state index in [1.807, 2.05) is 43.0 Å². The van der Waals surface area contributed by atoms with E-state index in [4.69, 9.17) is 9.94 Å². The summed E-state index contributed by atoms with van der Waals surface area (Å²) in [6.45, 7) is 1.86. The normalized spacial score (nSPS) is 11.0. The summed E-state index contributed by atoms with van der Waals surface area (Å²) in [6, 6.07) is 9.76. The summed E-state index contributed by atoms with van der Waals surface area (Å²) >= 11 is 1.68. The van der Waals surface area contributed by atoms with Gasteiger partial charge in [-0.3, -0.25) is 9.63 Å². The van der Waals surface area contributed by atoms with Crippen molar-refractivity contribution in [1.82, 2.24) is 15.0 Å². The van der Waals surface area contributed by atoms with Crippen LogP contribution in [0.1, 0.15) is 15.9 Å². The number of carbonyl (C=O) groups excluding carboxylic acids is 1. The molecule has 0 saturated heterocycles. The van der Waals surface area contributed by atoms with Crippen LogP contribution in [0.5, 0.6) is 0 Å². The molecule has 1 aromatic carbocycles. The van der Waals surface area contributed by atoms with E-state index in [9.17, 15) is 4.79 Å². The van der Waals surface area contributed by atoms with E-state index >= 15 is 0 Å². The number of nitrogens with one attached hydrogen (secondary N) is 2. The van der Waals surface area contributed by atoms with Crippen molar-refractivity contribution in [2.24, 2.45) is 7.05 Å². The van der Waals surface area contributed by atoms with Gasteiger partial charge in [0.05, 0.1) is 18.8 Å². The van der Waals surface area contributed by atoms with Gasteiger partial charge in [0.2, 0.25) is 0 Å². The molecule has 142 valence electrons. The first-order valence-electron chi connectivity index (χ1n) is 8.45. The standard InChI is InChI=1S/C19H22N4O3S/c1-12-11-13(27-3)6-7-15(12)21-18-16(19(25)22-26-10-9-24)14-5-4-8-20-17(14)23(18)2/h4-8,11,21,24H,9-10H2,1-3H3,(H,22,25). The van der Waals surface area contributed by atoms with E-state index in [1.165, 1.54) is 4.90 Å². The van der Waals surface area contributed by atoms with Crippen molar-refractivity contribution >= 4 is 40.2 Å². The van der Waals surface area contributed by atoms with Crippen molar-refractivity contribution in [3.8, 4) is 0 Å². The van der Waals surface area contributed by atoms with Crippen molar-refractivity contribution in [3.05, 3.63) is 47.7 Å². The fourth-order valence-corrected chi connectivity index (χ4v) is 3.38. The second-order valence-electron chi connectivity index (χ2n) is 5.97. The number of anilines is 2. The van der Waals surface area contributed by atoms with Gasteiger partial charge < -0.3 is 15.0 Å². The minimum atomic E-state index is -0.400. The van der Waals surface area contributed by atoms with E-state index in [1.54, 1.807) is 24.0 Å². The quantitative estimate of drug-likeness (QED) is 0.329. The molecule has 3 rings (SSSR count). The maximum atomic E-state index is 12.7. The summed E-state index contributed by atoms with van der Waals surface area (Å²) in [5, 5.41) is 12.9. The molecular formula is C19H22N4O3S. The maximum Gasteiger partial charge on any atom is 0.279 e. The Morgan fingerprint density at radius 3 is 2.89 bits per heavy atom. The highest BCUT2D eigenvalue weighted by Crippen LogP contribution is 2.32. The average Bonchev–Trinajstić information content (AvgIpc) is 2.95. The minimum Gasteiger partial charge on any atom is -0.394 e. The Morgan fingerprint density at radius 2 is 2.19 bits per heavy atom. The minimum absolute atomic E-state index is 0.0206. The highest BCUT2D eigenvalue weighted by atomic mass is 32.2. The van der Waals surface area contributed by atoms with Crippen LogP contribution in [0, 0.1) is 6.92 Å². The molecule has 0 radical (unpaired) electrons. The number of thioether (sulfide) groups is 1. The number of aliphatic hydroxyl groups is 1. The van der Waals surface area contributed by atoms with Gasteiger partial charge in [-0.15, -0.1) is 11.8 Å². The number of aliphatic hydroxyl groups excluding tert-OH is 1. The number of aryl methyl sites for hydroxylation is 2. The van der Waals surface area contributed by atoms with Crippen LogP contribution >= 0.6 is 11.8 Å². The summed E-state index contributed by atoms with van der Waals surface area (Å²) in [5.74, 6) is 0.219. The molecule has 1 amide bonds. The topological polar surface area (TPSA) is 88.4 Å². The van der Waals surface area contributed by atoms with Crippen LogP contribution in [-0.4, -0.2) is 40.0 Å². The molecular weight excluding hydrogens is 364 g/mol. The van der Waals surface area contributed by atoms with Crippen LogP contribution in [0.2, 0.25) is 0 Å². The lowest BCUT2D eigenvalue weighted by Crippen LogP contribution is -2.25. The molecule has 0 aliphatic rings. The second-order valence-corrected chi connectivity index (χ2v) is 6.85. The molecule has 0 fully saturated rings. The van der Waals surface area contributed by atoms with Gasteiger partial charge in [0.1, 0.15) is 11.5 Å². The molecule has 27 heavy (non-hydrogen) atoms. The molecule has 2 aromatic heterocycles. The van der Waals surface area contributed by atoms with Gasteiger partial charge in [-0.1, -0.05) is 0 Å². The lowest BCUT2D eigenvalue weighted by molar-refractivity contribution is 0.0170. The Balaban J connectivity index is 2.04. The predicted octanol–water partition coefficient (Wildman–Crippen LogP) is 3.00. The number of benzene rings is 1. The number of carbonyl (C=O) groups is 1. The molecule has 7 nitrogen and oxygen atoms in total. The van der Waals surface area contributed by atoms with Gasteiger partial charge >= 0.3 is 0 Å². The smallest absolute Gasteiger partial charge is 0.279 e. The van der Waals surface area contributed by atoms with Crippen LogP contribution in [0.15, 0.2) is 41.4 Å². The fraction of sp³-hybridized carbons (Fsp3) is 0.263. The highest BCUT2D eigenvalue weighted by molar-refractivity contribution is 7.98. The van der Waals surface area contributed by atoms with Crippen LogP contribution in [-0.2, 0) is 11.9 Å². The highest BCUT2D eigenvalue weighted by Gasteiger charge is 2.22. The van der Waals surface area contributed by atoms with Gasteiger partial charge in [-0.05, 0) is 49.1 Å². The van der Waals surface area contributed by atoms with Crippen LogP contribution in [0.3, 0.4) is 0 Å². The number of hydrogen-bond acceptors (Lipinski definition) is 6. The second kappa shape index (κ2) is 8.43. The Labute approximate surface area is 161 Å². The molecule has 3 N–H and O–H groups in total.